The van der Waals surface area contributed by atoms with E-state index in [0.29, 0.717) is 5.70 Å². The number of amidine groups is 1. The minimum Gasteiger partial charge on any atom is -0.394 e. The Morgan fingerprint density at radius 1 is 1.61 bits per heavy atom. The molecule has 0 aromatic rings. The summed E-state index contributed by atoms with van der Waals surface area (Å²) < 4.78 is 5.50. The van der Waals surface area contributed by atoms with Gasteiger partial charge in [0.15, 0.2) is 17.2 Å². The molecule has 0 amide bonds. The molecule has 2 aliphatic heterocycles. The van der Waals surface area contributed by atoms with Gasteiger partial charge in [0.1, 0.15) is 30.3 Å². The van der Waals surface area contributed by atoms with Crippen LogP contribution >= 0.6 is 0 Å². The van der Waals surface area contributed by atoms with E-state index in [2.05, 4.69) is 16.7 Å². The molecule has 0 aliphatic carbocycles. The smallest absolute Gasteiger partial charge is 0.196 e. The number of rotatable bonds is 4. The van der Waals surface area contributed by atoms with E-state index in [0.717, 1.165) is 0 Å². The van der Waals surface area contributed by atoms with Gasteiger partial charge in [-0.3, -0.25) is 4.79 Å². The van der Waals surface area contributed by atoms with Crippen molar-refractivity contribution in [2.75, 3.05) is 6.61 Å². The molecule has 9 heteroatoms. The molecule has 0 unspecified atom stereocenters. The maximum absolute atomic E-state index is 12.2. The van der Waals surface area contributed by atoms with Crippen LogP contribution in [0.25, 0.3) is 0 Å². The number of hydrogen-bond acceptors (Lipinski definition) is 9. The van der Waals surface area contributed by atoms with Crippen LogP contribution in [0.4, 0.5) is 0 Å². The number of allylic oxidation sites excluding steroid dienone is 1. The second-order valence-corrected chi connectivity index (χ2v) is 5.24. The average Bonchev–Trinajstić information content (AvgIpc) is 2.79. The third-order valence-corrected chi connectivity index (χ3v) is 3.97. The molecule has 9 nitrogen and oxygen atoms in total. The molecule has 4 atom stereocenters. The molecule has 1 saturated heterocycles. The van der Waals surface area contributed by atoms with Crippen LogP contribution in [-0.2, 0) is 9.53 Å². The maximum atomic E-state index is 12.2. The number of ether oxygens (including phenoxy) is 1. The minimum absolute atomic E-state index is 0.0327. The van der Waals surface area contributed by atoms with E-state index in [1.807, 2.05) is 0 Å². The zero-order valence-electron chi connectivity index (χ0n) is 12.9. The first-order valence-corrected chi connectivity index (χ1v) is 6.99. The predicted molar refractivity (Wildman–Crippen MR) is 82.2 cm³/mol. The van der Waals surface area contributed by atoms with Gasteiger partial charge in [-0.25, -0.2) is 10.0 Å². The Morgan fingerprint density at radius 2 is 2.26 bits per heavy atom. The lowest BCUT2D eigenvalue weighted by Crippen LogP contribution is -2.54. The number of hydrazone groups is 1. The Labute approximate surface area is 133 Å². The molecule has 2 aliphatic rings. The Balaban J connectivity index is 2.47. The van der Waals surface area contributed by atoms with Crippen LogP contribution < -0.4 is 5.73 Å². The van der Waals surface area contributed by atoms with Crippen LogP contribution in [0.2, 0.25) is 0 Å². The van der Waals surface area contributed by atoms with Gasteiger partial charge in [0.2, 0.25) is 0 Å². The van der Waals surface area contributed by atoms with Crippen LogP contribution in [0.1, 0.15) is 13.8 Å². The number of carbonyl (C=O) groups is 1. The summed E-state index contributed by atoms with van der Waals surface area (Å²) in [6.07, 6.45) is -1.41. The highest BCUT2D eigenvalue weighted by molar-refractivity contribution is 6.02. The van der Waals surface area contributed by atoms with Crippen molar-refractivity contribution in [1.29, 1.82) is 0 Å². The summed E-state index contributed by atoms with van der Waals surface area (Å²) in [5.41, 5.74) is 4.16. The molecule has 0 saturated carbocycles. The van der Waals surface area contributed by atoms with E-state index < -0.39 is 36.3 Å². The largest absolute Gasteiger partial charge is 0.394 e. The molecule has 0 bridgehead atoms. The fourth-order valence-electron chi connectivity index (χ4n) is 2.72. The predicted octanol–water partition coefficient (Wildman–Crippen LogP) is -1.54. The summed E-state index contributed by atoms with van der Waals surface area (Å²) >= 11 is 0. The van der Waals surface area contributed by atoms with Gasteiger partial charge in [0.05, 0.1) is 12.3 Å². The van der Waals surface area contributed by atoms with Gasteiger partial charge in [-0.1, -0.05) is 12.7 Å². The van der Waals surface area contributed by atoms with E-state index >= 15 is 0 Å². The molecule has 0 aromatic heterocycles. The number of ketones is 1. The number of aliphatic hydroxyl groups is 3. The molecule has 2 rings (SSSR count). The van der Waals surface area contributed by atoms with Crippen LogP contribution in [0.5, 0.6) is 0 Å². The van der Waals surface area contributed by atoms with Crippen molar-refractivity contribution in [3.63, 3.8) is 0 Å². The van der Waals surface area contributed by atoms with E-state index in [-0.39, 0.29) is 11.5 Å². The third-order valence-electron chi connectivity index (χ3n) is 3.97. The molecular weight excluding hydrogens is 304 g/mol. The van der Waals surface area contributed by atoms with Crippen LogP contribution in [0.3, 0.4) is 0 Å². The zero-order valence-corrected chi connectivity index (χ0v) is 12.9. The molecule has 0 spiro atoms. The number of aliphatic hydroxyl groups excluding tert-OH is 3. The highest BCUT2D eigenvalue weighted by Crippen LogP contribution is 2.40. The van der Waals surface area contributed by atoms with Crippen LogP contribution in [0, 0.1) is 0 Å². The lowest BCUT2D eigenvalue weighted by atomic mass is 9.87. The van der Waals surface area contributed by atoms with Crippen molar-refractivity contribution in [2.24, 2.45) is 15.8 Å². The van der Waals surface area contributed by atoms with Crippen molar-refractivity contribution in [3.8, 4) is 0 Å². The first-order chi connectivity index (χ1) is 10.8. The summed E-state index contributed by atoms with van der Waals surface area (Å²) in [5.74, 6) is -0.439. The molecule has 2 heterocycles. The van der Waals surface area contributed by atoms with E-state index in [9.17, 15) is 20.1 Å². The van der Waals surface area contributed by atoms with Gasteiger partial charge >= 0.3 is 0 Å². The Morgan fingerprint density at radius 3 is 2.74 bits per heavy atom. The van der Waals surface area contributed by atoms with Crippen LogP contribution in [-0.4, -0.2) is 68.8 Å². The Hall–Kier alpha value is -2.07. The molecule has 1 fully saturated rings. The highest BCUT2D eigenvalue weighted by atomic mass is 16.6. The average molecular weight is 324 g/mol. The van der Waals surface area contributed by atoms with E-state index in [1.54, 1.807) is 13.0 Å². The number of hydrogen-bond donors (Lipinski definition) is 4. The van der Waals surface area contributed by atoms with Crippen molar-refractivity contribution in [2.45, 2.75) is 37.8 Å². The van der Waals surface area contributed by atoms with Crippen molar-refractivity contribution >= 4 is 18.0 Å². The topological polar surface area (TPSA) is 141 Å². The van der Waals surface area contributed by atoms with Gasteiger partial charge in [-0.15, -0.1) is 0 Å². The molecule has 23 heavy (non-hydrogen) atoms. The van der Waals surface area contributed by atoms with E-state index in [1.165, 1.54) is 18.3 Å². The fourth-order valence-corrected chi connectivity index (χ4v) is 2.72. The lowest BCUT2D eigenvalue weighted by Gasteiger charge is -2.37. The van der Waals surface area contributed by atoms with E-state index in [4.69, 9.17) is 10.5 Å². The maximum Gasteiger partial charge on any atom is 0.196 e. The molecule has 0 radical (unpaired) electrons. The molecule has 0 aromatic carbocycles. The molecule has 126 valence electrons. The SMILES string of the molecule is C=C(N1N=CN=C(N)/C1=C/C)[C@]1(C(C)=O)O[C@H](CO)[C@@H](O)[C@H]1O. The first kappa shape index (κ1) is 17.3. The second kappa shape index (κ2) is 6.20. The number of Topliss-reactive ketones (excluding diaryl/α,β-unsaturated/α-hetero) is 1. The summed E-state index contributed by atoms with van der Waals surface area (Å²) in [5, 5.41) is 34.9. The standard InChI is InChI=1S/C14H20N4O5/c1-4-9-13(15)16-6-17-18(9)7(2)14(8(3)20)12(22)11(21)10(5-19)23-14/h4,6,10-12,19,21-22H,2,5H2,1,3H3,(H2,15,16,17)/b9-4-/t10-,11-,12-,14-/m1/s1. The molecule has 5 N–H and O–H groups in total. The van der Waals surface area contributed by atoms with Crippen LogP contribution in [0.15, 0.2) is 34.1 Å². The minimum atomic E-state index is -1.95. The quantitative estimate of drug-likeness (QED) is 0.491. The van der Waals surface area contributed by atoms with Gasteiger partial charge in [0, 0.05) is 0 Å². The fraction of sp³-hybridized carbons (Fsp3) is 0.500. The molecular formula is C14H20N4O5. The van der Waals surface area contributed by atoms with Gasteiger partial charge < -0.3 is 25.8 Å². The van der Waals surface area contributed by atoms with Crippen molar-refractivity contribution < 1.29 is 24.9 Å². The number of aliphatic imine (C=N–C) groups is 1. The van der Waals surface area contributed by atoms with Gasteiger partial charge in [0.25, 0.3) is 0 Å². The Bertz CT molecular complexity index is 614. The summed E-state index contributed by atoms with van der Waals surface area (Å²) in [6, 6.07) is 0. The third kappa shape index (κ3) is 2.47. The number of nitrogens with two attached hydrogens (primary N) is 1. The summed E-state index contributed by atoms with van der Waals surface area (Å²) in [4.78, 5) is 16.1. The number of nitrogens with zero attached hydrogens (tertiary/aromatic N) is 3. The Kier molecular flexibility index (Phi) is 4.66. The van der Waals surface area contributed by atoms with Gasteiger partial charge in [-0.05, 0) is 13.8 Å². The second-order valence-electron chi connectivity index (χ2n) is 5.24. The highest BCUT2D eigenvalue weighted by Gasteiger charge is 2.60. The summed E-state index contributed by atoms with van der Waals surface area (Å²) in [6.45, 7) is 6.12. The summed E-state index contributed by atoms with van der Waals surface area (Å²) in [7, 11) is 0. The van der Waals surface area contributed by atoms with Crippen molar-refractivity contribution in [1.82, 2.24) is 5.01 Å². The zero-order chi connectivity index (χ0) is 17.4. The van der Waals surface area contributed by atoms with Crippen molar-refractivity contribution in [3.05, 3.63) is 24.0 Å². The first-order valence-electron chi connectivity index (χ1n) is 6.99. The normalized spacial score (nSPS) is 35.5. The van der Waals surface area contributed by atoms with Gasteiger partial charge in [-0.2, -0.15) is 5.10 Å². The number of carbonyl (C=O) groups excluding carboxylic acids is 1. The monoisotopic (exact) mass is 324 g/mol. The lowest BCUT2D eigenvalue weighted by molar-refractivity contribution is -0.146.